The molecule has 142 valence electrons. The van der Waals surface area contributed by atoms with Crippen LogP contribution in [0, 0.1) is 15.9 Å². The van der Waals surface area contributed by atoms with E-state index in [0.717, 1.165) is 6.07 Å². The highest BCUT2D eigenvalue weighted by molar-refractivity contribution is 6.32. The van der Waals surface area contributed by atoms with Gasteiger partial charge in [0.05, 0.1) is 16.5 Å². The number of nitrogens with zero attached hydrogens (tertiary/aromatic N) is 1. The molecule has 0 radical (unpaired) electrons. The summed E-state index contributed by atoms with van der Waals surface area (Å²) in [6, 6.07) is 8.63. The Bertz CT molecular complexity index is 873. The highest BCUT2D eigenvalue weighted by Crippen LogP contribution is 2.25. The highest BCUT2D eigenvalue weighted by atomic mass is 35.5. The molecule has 0 heterocycles. The molecule has 0 unspecified atom stereocenters. The largest absolute Gasteiger partial charge is 0.449 e. The first-order valence-corrected chi connectivity index (χ1v) is 8.27. The maximum absolute atomic E-state index is 13.0. The Balaban J connectivity index is 2.01. The summed E-state index contributed by atoms with van der Waals surface area (Å²) in [7, 11) is 0. The number of nitro groups is 1. The van der Waals surface area contributed by atoms with Crippen molar-refractivity contribution in [3.63, 3.8) is 0 Å². The molecule has 2 rings (SSSR count). The Labute approximate surface area is 159 Å². The third-order valence-corrected chi connectivity index (χ3v) is 4.08. The molecule has 0 saturated heterocycles. The van der Waals surface area contributed by atoms with E-state index in [0.29, 0.717) is 5.56 Å². The van der Waals surface area contributed by atoms with E-state index >= 15 is 0 Å². The number of nitro benzene ring substituents is 1. The fraction of sp³-hybridized carbons (Fsp3) is 0.222. The lowest BCUT2D eigenvalue weighted by atomic mass is 10.1. The molecule has 0 aliphatic rings. The first-order valence-electron chi connectivity index (χ1n) is 7.89. The van der Waals surface area contributed by atoms with Crippen LogP contribution in [0.1, 0.15) is 35.8 Å². The normalized spacial score (nSPS) is 12.7. The van der Waals surface area contributed by atoms with Gasteiger partial charge in [-0.05, 0) is 43.7 Å². The predicted octanol–water partition coefficient (Wildman–Crippen LogP) is 3.81. The second-order valence-corrected chi connectivity index (χ2v) is 6.16. The van der Waals surface area contributed by atoms with Gasteiger partial charge in [-0.15, -0.1) is 0 Å². The van der Waals surface area contributed by atoms with E-state index in [1.54, 1.807) is 6.92 Å². The number of benzene rings is 2. The monoisotopic (exact) mass is 394 g/mol. The molecule has 1 amide bonds. The number of carbonyl (C=O) groups excluding carboxylic acids is 2. The summed E-state index contributed by atoms with van der Waals surface area (Å²) in [5.74, 6) is -1.85. The van der Waals surface area contributed by atoms with Gasteiger partial charge in [-0.1, -0.05) is 23.7 Å². The van der Waals surface area contributed by atoms with Crippen LogP contribution in [0.4, 0.5) is 10.1 Å². The standard InChI is InChI=1S/C18H16ClFN2O5/c1-10(12-3-6-14(20)7-4-12)21-17(23)11(2)27-18(24)13-5-8-15(19)16(9-13)22(25)26/h3-11H,1-2H3,(H,21,23)/t10-,11-/m1/s1. The topological polar surface area (TPSA) is 98.5 Å². The molecule has 0 aromatic heterocycles. The van der Waals surface area contributed by atoms with Crippen molar-refractivity contribution < 1.29 is 23.6 Å². The van der Waals surface area contributed by atoms with Crippen LogP contribution in [0.25, 0.3) is 0 Å². The van der Waals surface area contributed by atoms with Gasteiger partial charge in [0.1, 0.15) is 10.8 Å². The molecule has 9 heteroatoms. The molecular weight excluding hydrogens is 379 g/mol. The van der Waals surface area contributed by atoms with Crippen LogP contribution in [0.5, 0.6) is 0 Å². The quantitative estimate of drug-likeness (QED) is 0.456. The number of esters is 1. The summed E-state index contributed by atoms with van der Waals surface area (Å²) in [5, 5.41) is 13.4. The molecule has 0 spiro atoms. The van der Waals surface area contributed by atoms with E-state index in [1.165, 1.54) is 43.3 Å². The zero-order chi connectivity index (χ0) is 20.1. The minimum atomic E-state index is -1.14. The van der Waals surface area contributed by atoms with Crippen molar-refractivity contribution in [1.82, 2.24) is 5.32 Å². The molecule has 0 fully saturated rings. The van der Waals surface area contributed by atoms with Crippen LogP contribution in [0.2, 0.25) is 5.02 Å². The van der Waals surface area contributed by atoms with Crippen molar-refractivity contribution in [2.75, 3.05) is 0 Å². The van der Waals surface area contributed by atoms with Crippen molar-refractivity contribution in [2.45, 2.75) is 26.0 Å². The number of hydrogen-bond acceptors (Lipinski definition) is 5. The minimum Gasteiger partial charge on any atom is -0.449 e. The van der Waals surface area contributed by atoms with E-state index < -0.39 is 40.5 Å². The van der Waals surface area contributed by atoms with Crippen molar-refractivity contribution in [1.29, 1.82) is 0 Å². The maximum atomic E-state index is 13.0. The van der Waals surface area contributed by atoms with Gasteiger partial charge < -0.3 is 10.1 Å². The molecule has 2 atom stereocenters. The van der Waals surface area contributed by atoms with Crippen molar-refractivity contribution >= 4 is 29.2 Å². The smallest absolute Gasteiger partial charge is 0.339 e. The fourth-order valence-corrected chi connectivity index (χ4v) is 2.41. The van der Waals surface area contributed by atoms with Crippen LogP contribution < -0.4 is 5.32 Å². The lowest BCUT2D eigenvalue weighted by Crippen LogP contribution is -2.37. The molecule has 2 aromatic carbocycles. The van der Waals surface area contributed by atoms with Gasteiger partial charge in [-0.2, -0.15) is 0 Å². The zero-order valence-corrected chi connectivity index (χ0v) is 15.2. The number of amides is 1. The summed E-state index contributed by atoms with van der Waals surface area (Å²) >= 11 is 5.70. The molecule has 0 saturated carbocycles. The number of ether oxygens (including phenoxy) is 1. The van der Waals surface area contributed by atoms with Crippen LogP contribution in [-0.2, 0) is 9.53 Å². The molecule has 7 nitrogen and oxygen atoms in total. The Morgan fingerprint density at radius 3 is 2.41 bits per heavy atom. The van der Waals surface area contributed by atoms with Crippen LogP contribution in [0.15, 0.2) is 42.5 Å². The molecule has 0 aliphatic heterocycles. The molecule has 2 aromatic rings. The second-order valence-electron chi connectivity index (χ2n) is 5.75. The summed E-state index contributed by atoms with van der Waals surface area (Å²) in [6.07, 6.45) is -1.14. The summed E-state index contributed by atoms with van der Waals surface area (Å²) < 4.78 is 18.0. The molecule has 0 aliphatic carbocycles. The van der Waals surface area contributed by atoms with Gasteiger partial charge in [-0.3, -0.25) is 14.9 Å². The Kier molecular flexibility index (Phi) is 6.46. The third kappa shape index (κ3) is 5.24. The molecule has 1 N–H and O–H groups in total. The third-order valence-electron chi connectivity index (χ3n) is 3.76. The molecular formula is C18H16ClFN2O5. The first-order chi connectivity index (χ1) is 12.7. The van der Waals surface area contributed by atoms with Gasteiger partial charge in [0.2, 0.25) is 0 Å². The number of hydrogen-bond donors (Lipinski definition) is 1. The summed E-state index contributed by atoms with van der Waals surface area (Å²) in [5.41, 5.74) is 0.141. The minimum absolute atomic E-state index is 0.0997. The maximum Gasteiger partial charge on any atom is 0.339 e. The summed E-state index contributed by atoms with van der Waals surface area (Å²) in [6.45, 7) is 3.07. The van der Waals surface area contributed by atoms with Crippen LogP contribution in [0.3, 0.4) is 0 Å². The zero-order valence-electron chi connectivity index (χ0n) is 14.4. The van der Waals surface area contributed by atoms with E-state index in [2.05, 4.69) is 5.32 Å². The van der Waals surface area contributed by atoms with E-state index in [4.69, 9.17) is 16.3 Å². The van der Waals surface area contributed by atoms with Crippen LogP contribution in [-0.4, -0.2) is 22.9 Å². The number of carbonyl (C=O) groups is 2. The number of rotatable bonds is 6. The molecule has 0 bridgehead atoms. The Morgan fingerprint density at radius 2 is 1.81 bits per heavy atom. The van der Waals surface area contributed by atoms with Gasteiger partial charge in [0, 0.05) is 6.07 Å². The molecule has 27 heavy (non-hydrogen) atoms. The van der Waals surface area contributed by atoms with Crippen molar-refractivity contribution in [3.8, 4) is 0 Å². The van der Waals surface area contributed by atoms with Crippen molar-refractivity contribution in [3.05, 3.63) is 74.5 Å². The first kappa shape index (κ1) is 20.3. The van der Waals surface area contributed by atoms with Gasteiger partial charge in [0.25, 0.3) is 11.6 Å². The summed E-state index contributed by atoms with van der Waals surface area (Å²) in [4.78, 5) is 34.5. The van der Waals surface area contributed by atoms with E-state index in [9.17, 15) is 24.1 Å². The Morgan fingerprint density at radius 1 is 1.19 bits per heavy atom. The van der Waals surface area contributed by atoms with Gasteiger partial charge in [0.15, 0.2) is 6.10 Å². The van der Waals surface area contributed by atoms with E-state index in [-0.39, 0.29) is 10.6 Å². The average Bonchev–Trinajstić information content (AvgIpc) is 2.62. The fourth-order valence-electron chi connectivity index (χ4n) is 2.23. The Hall–Kier alpha value is -3.00. The second kappa shape index (κ2) is 8.59. The average molecular weight is 395 g/mol. The van der Waals surface area contributed by atoms with E-state index in [1.807, 2.05) is 0 Å². The van der Waals surface area contributed by atoms with Crippen molar-refractivity contribution in [2.24, 2.45) is 0 Å². The number of halogens is 2. The van der Waals surface area contributed by atoms with Crippen LogP contribution >= 0.6 is 11.6 Å². The van der Waals surface area contributed by atoms with Gasteiger partial charge >= 0.3 is 5.97 Å². The SMILES string of the molecule is C[C@@H](OC(=O)c1ccc(Cl)c([N+](=O)[O-])c1)C(=O)N[C@H](C)c1ccc(F)cc1. The highest BCUT2D eigenvalue weighted by Gasteiger charge is 2.23. The lowest BCUT2D eigenvalue weighted by molar-refractivity contribution is -0.384. The lowest BCUT2D eigenvalue weighted by Gasteiger charge is -2.18. The van der Waals surface area contributed by atoms with Gasteiger partial charge in [-0.25, -0.2) is 9.18 Å². The predicted molar refractivity (Wildman–Crippen MR) is 95.9 cm³/mol. The number of nitrogens with one attached hydrogen (secondary N) is 1.